The summed E-state index contributed by atoms with van der Waals surface area (Å²) < 4.78 is 8.91. The number of carbonyl (C=O) groups is 1. The van der Waals surface area contributed by atoms with E-state index in [1.165, 1.54) is 7.11 Å². The van der Waals surface area contributed by atoms with Crippen LogP contribution in [-0.4, -0.2) is 17.3 Å². The first-order valence-electron chi connectivity index (χ1n) is 4.41. The molecule has 1 heterocycles. The monoisotopic (exact) mass is 219 g/mol. The van der Waals surface area contributed by atoms with Crippen LogP contribution >= 0.6 is 11.5 Å². The number of nitrogens with zero attached hydrogens (tertiary/aromatic N) is 1. The Morgan fingerprint density at radius 2 is 2.07 bits per heavy atom. The van der Waals surface area contributed by atoms with Gasteiger partial charge in [-0.3, -0.25) is 4.79 Å². The Bertz CT molecular complexity index is 464. The number of hydrogen-bond acceptors (Lipinski definition) is 4. The van der Waals surface area contributed by atoms with E-state index in [0.717, 1.165) is 11.5 Å². The Kier molecular flexibility index (Phi) is 2.78. The largest absolute Gasteiger partial charge is 0.480 e. The summed E-state index contributed by atoms with van der Waals surface area (Å²) in [6.07, 6.45) is 0. The van der Waals surface area contributed by atoms with E-state index in [1.54, 1.807) is 18.2 Å². The fourth-order valence-electron chi connectivity index (χ4n) is 1.19. The van der Waals surface area contributed by atoms with Crippen molar-refractivity contribution < 1.29 is 9.53 Å². The van der Waals surface area contributed by atoms with E-state index in [4.69, 9.17) is 4.74 Å². The first-order valence-corrected chi connectivity index (χ1v) is 5.19. The minimum absolute atomic E-state index is 0.0172. The van der Waals surface area contributed by atoms with E-state index in [0.29, 0.717) is 16.3 Å². The zero-order valence-electron chi connectivity index (χ0n) is 8.14. The van der Waals surface area contributed by atoms with Crippen molar-refractivity contribution in [1.29, 1.82) is 0 Å². The molecule has 15 heavy (non-hydrogen) atoms. The first-order chi connectivity index (χ1) is 7.31. The van der Waals surface area contributed by atoms with Gasteiger partial charge in [0.25, 0.3) is 0 Å². The molecule has 0 bridgehead atoms. The molecular weight excluding hydrogens is 210 g/mol. The van der Waals surface area contributed by atoms with Gasteiger partial charge in [0.15, 0.2) is 0 Å². The van der Waals surface area contributed by atoms with Gasteiger partial charge in [0, 0.05) is 11.6 Å². The standard InChI is InChI=1S/C11H9NO2S/c1-14-10-7-9(15-12-10)11(13)8-5-3-2-4-6-8/h2-7H,1H3. The van der Waals surface area contributed by atoms with E-state index in [2.05, 4.69) is 4.37 Å². The summed E-state index contributed by atoms with van der Waals surface area (Å²) in [5.74, 6) is 0.468. The summed E-state index contributed by atoms with van der Waals surface area (Å²) >= 11 is 1.15. The molecule has 0 atom stereocenters. The smallest absolute Gasteiger partial charge is 0.225 e. The van der Waals surface area contributed by atoms with Crippen LogP contribution in [0.2, 0.25) is 0 Å². The van der Waals surface area contributed by atoms with Crippen molar-refractivity contribution in [2.24, 2.45) is 0 Å². The number of carbonyl (C=O) groups excluding carboxylic acids is 1. The van der Waals surface area contributed by atoms with Crippen molar-refractivity contribution in [3.63, 3.8) is 0 Å². The van der Waals surface area contributed by atoms with Crippen molar-refractivity contribution in [1.82, 2.24) is 4.37 Å². The maximum absolute atomic E-state index is 11.9. The molecule has 0 aliphatic rings. The number of aromatic nitrogens is 1. The van der Waals surface area contributed by atoms with Crippen LogP contribution in [0.25, 0.3) is 0 Å². The normalized spacial score (nSPS) is 9.93. The SMILES string of the molecule is COc1cc(C(=O)c2ccccc2)sn1. The molecule has 1 aromatic carbocycles. The van der Waals surface area contributed by atoms with Gasteiger partial charge in [-0.15, -0.1) is 0 Å². The number of methoxy groups -OCH3 is 1. The lowest BCUT2D eigenvalue weighted by Gasteiger charge is -1.95. The van der Waals surface area contributed by atoms with Crippen molar-refractivity contribution in [3.05, 3.63) is 46.8 Å². The lowest BCUT2D eigenvalue weighted by atomic mass is 10.1. The van der Waals surface area contributed by atoms with Crippen molar-refractivity contribution >= 4 is 17.3 Å². The molecule has 4 heteroatoms. The molecule has 0 saturated carbocycles. The highest BCUT2D eigenvalue weighted by molar-refractivity contribution is 7.08. The predicted octanol–water partition coefficient (Wildman–Crippen LogP) is 2.38. The minimum Gasteiger partial charge on any atom is -0.480 e. The molecule has 0 N–H and O–H groups in total. The minimum atomic E-state index is -0.0172. The molecule has 0 unspecified atom stereocenters. The Hall–Kier alpha value is -1.68. The highest BCUT2D eigenvalue weighted by Crippen LogP contribution is 2.19. The number of benzene rings is 1. The Labute approximate surface area is 91.5 Å². The van der Waals surface area contributed by atoms with Crippen LogP contribution < -0.4 is 4.74 Å². The maximum atomic E-state index is 11.9. The van der Waals surface area contributed by atoms with Gasteiger partial charge in [-0.25, -0.2) is 0 Å². The summed E-state index contributed by atoms with van der Waals surface area (Å²) in [6.45, 7) is 0. The highest BCUT2D eigenvalue weighted by Gasteiger charge is 2.12. The summed E-state index contributed by atoms with van der Waals surface area (Å²) in [7, 11) is 1.53. The Morgan fingerprint density at radius 1 is 1.33 bits per heavy atom. The molecule has 2 rings (SSSR count). The van der Waals surface area contributed by atoms with Crippen LogP contribution in [0.5, 0.6) is 5.88 Å². The number of rotatable bonds is 3. The molecule has 0 aliphatic carbocycles. The van der Waals surface area contributed by atoms with Crippen LogP contribution in [0, 0.1) is 0 Å². The molecule has 0 spiro atoms. The fraction of sp³-hybridized carbons (Fsp3) is 0.0909. The second-order valence-electron chi connectivity index (χ2n) is 2.93. The van der Waals surface area contributed by atoms with Gasteiger partial charge < -0.3 is 4.74 Å². The molecule has 0 amide bonds. The molecule has 76 valence electrons. The van der Waals surface area contributed by atoms with E-state index >= 15 is 0 Å². The molecule has 1 aromatic heterocycles. The van der Waals surface area contributed by atoms with Crippen LogP contribution in [0.15, 0.2) is 36.4 Å². The third-order valence-corrected chi connectivity index (χ3v) is 2.73. The third kappa shape index (κ3) is 2.05. The van der Waals surface area contributed by atoms with E-state index < -0.39 is 0 Å². The van der Waals surface area contributed by atoms with Gasteiger partial charge in [-0.05, 0) is 11.5 Å². The van der Waals surface area contributed by atoms with Crippen LogP contribution in [0.4, 0.5) is 0 Å². The molecule has 0 radical (unpaired) electrons. The summed E-state index contributed by atoms with van der Waals surface area (Å²) in [6, 6.07) is 10.8. The van der Waals surface area contributed by atoms with E-state index in [-0.39, 0.29) is 5.78 Å². The fourth-order valence-corrected chi connectivity index (χ4v) is 1.86. The zero-order valence-corrected chi connectivity index (χ0v) is 8.95. The molecular formula is C11H9NO2S. The number of ether oxygens (including phenoxy) is 1. The van der Waals surface area contributed by atoms with Gasteiger partial charge in [-0.2, -0.15) is 4.37 Å². The summed E-state index contributed by atoms with van der Waals surface area (Å²) in [4.78, 5) is 12.5. The zero-order chi connectivity index (χ0) is 10.7. The van der Waals surface area contributed by atoms with Crippen LogP contribution in [0.3, 0.4) is 0 Å². The average Bonchev–Trinajstić information content (AvgIpc) is 2.78. The second-order valence-corrected chi connectivity index (χ2v) is 3.73. The van der Waals surface area contributed by atoms with Gasteiger partial charge in [0.1, 0.15) is 0 Å². The number of ketones is 1. The van der Waals surface area contributed by atoms with E-state index in [1.807, 2.05) is 18.2 Å². The van der Waals surface area contributed by atoms with Gasteiger partial charge >= 0.3 is 0 Å². The maximum Gasteiger partial charge on any atom is 0.225 e. The van der Waals surface area contributed by atoms with Crippen molar-refractivity contribution in [2.45, 2.75) is 0 Å². The molecule has 3 nitrogen and oxygen atoms in total. The van der Waals surface area contributed by atoms with E-state index in [9.17, 15) is 4.79 Å². The van der Waals surface area contributed by atoms with Crippen LogP contribution in [0.1, 0.15) is 15.2 Å². The summed E-state index contributed by atoms with van der Waals surface area (Å²) in [5.41, 5.74) is 0.670. The topological polar surface area (TPSA) is 39.2 Å². The first kappa shape index (κ1) is 9.86. The van der Waals surface area contributed by atoms with Crippen molar-refractivity contribution in [3.8, 4) is 5.88 Å². The highest BCUT2D eigenvalue weighted by atomic mass is 32.1. The number of hydrogen-bond donors (Lipinski definition) is 0. The second kappa shape index (κ2) is 4.23. The van der Waals surface area contributed by atoms with Crippen LogP contribution in [-0.2, 0) is 0 Å². The lowest BCUT2D eigenvalue weighted by molar-refractivity contribution is 0.104. The Balaban J connectivity index is 2.29. The Morgan fingerprint density at radius 3 is 2.67 bits per heavy atom. The van der Waals surface area contributed by atoms with Crippen molar-refractivity contribution in [2.75, 3.05) is 7.11 Å². The van der Waals surface area contributed by atoms with Gasteiger partial charge in [-0.1, -0.05) is 30.3 Å². The molecule has 0 saturated heterocycles. The quantitative estimate of drug-likeness (QED) is 0.744. The molecule has 2 aromatic rings. The average molecular weight is 219 g/mol. The predicted molar refractivity (Wildman–Crippen MR) is 58.5 cm³/mol. The van der Waals surface area contributed by atoms with Gasteiger partial charge in [0.05, 0.1) is 12.0 Å². The molecule has 0 fully saturated rings. The van der Waals surface area contributed by atoms with Gasteiger partial charge in [0.2, 0.25) is 11.7 Å². The lowest BCUT2D eigenvalue weighted by Crippen LogP contribution is -1.97. The summed E-state index contributed by atoms with van der Waals surface area (Å²) in [5, 5.41) is 0. The molecule has 0 aliphatic heterocycles. The third-order valence-electron chi connectivity index (χ3n) is 1.96.